The van der Waals surface area contributed by atoms with Crippen molar-refractivity contribution in [2.45, 2.75) is 37.8 Å². The molecular weight excluding hydrogens is 603 g/mol. The summed E-state index contributed by atoms with van der Waals surface area (Å²) >= 11 is 13.8. The lowest BCUT2D eigenvalue weighted by molar-refractivity contribution is -0.119. The molecule has 0 saturated carbocycles. The molecule has 6 rings (SSSR count). The Morgan fingerprint density at radius 2 is 1.80 bits per heavy atom. The number of fused-ring (bicyclic) bond motifs is 1. The van der Waals surface area contributed by atoms with Crippen LogP contribution in [0.1, 0.15) is 46.8 Å². The quantitative estimate of drug-likeness (QED) is 0.251. The topological polar surface area (TPSA) is 127 Å². The predicted molar refractivity (Wildman–Crippen MR) is 169 cm³/mol. The first-order valence-corrected chi connectivity index (χ1v) is 15.0. The van der Waals surface area contributed by atoms with Crippen LogP contribution < -0.4 is 26.2 Å². The number of halogens is 2. The zero-order valence-corrected chi connectivity index (χ0v) is 25.6. The second-order valence-corrected chi connectivity index (χ2v) is 11.6. The van der Waals surface area contributed by atoms with Crippen LogP contribution in [0, 0.1) is 0 Å². The largest absolute Gasteiger partial charge is 0.481 e. The van der Waals surface area contributed by atoms with Crippen LogP contribution in [0.2, 0.25) is 10.0 Å². The van der Waals surface area contributed by atoms with E-state index in [-0.39, 0.29) is 28.6 Å². The van der Waals surface area contributed by atoms with Crippen molar-refractivity contribution in [3.8, 4) is 28.3 Å². The lowest BCUT2D eigenvalue weighted by Gasteiger charge is -2.20. The van der Waals surface area contributed by atoms with Gasteiger partial charge in [0, 0.05) is 60.5 Å². The average Bonchev–Trinajstić information content (AvgIpc) is 3.63. The number of nitrogens with zero attached hydrogens (tertiary/aromatic N) is 3. The molecule has 3 N–H and O–H groups in total. The van der Waals surface area contributed by atoms with Crippen LogP contribution >= 0.6 is 23.2 Å². The third-order valence-electron chi connectivity index (χ3n) is 8.11. The zero-order valence-electron chi connectivity index (χ0n) is 24.1. The number of hydrogen-bond acceptors (Lipinski definition) is 7. The maximum absolute atomic E-state index is 12.9. The normalized spacial score (nSPS) is 17.3. The van der Waals surface area contributed by atoms with Gasteiger partial charge in [-0.2, -0.15) is 5.10 Å². The van der Waals surface area contributed by atoms with Gasteiger partial charge in [0.05, 0.1) is 28.5 Å². The van der Waals surface area contributed by atoms with Gasteiger partial charge in [-0.15, -0.1) is 0 Å². The van der Waals surface area contributed by atoms with Gasteiger partial charge in [-0.25, -0.2) is 9.67 Å². The summed E-state index contributed by atoms with van der Waals surface area (Å²) in [7, 11) is 3.08. The van der Waals surface area contributed by atoms with Crippen LogP contribution in [-0.2, 0) is 18.3 Å². The molecule has 1 aliphatic carbocycles. The van der Waals surface area contributed by atoms with Gasteiger partial charge in [0.25, 0.3) is 11.5 Å². The van der Waals surface area contributed by atoms with Crippen LogP contribution in [0.4, 0.5) is 5.69 Å². The van der Waals surface area contributed by atoms with Crippen LogP contribution in [0.3, 0.4) is 0 Å². The highest BCUT2D eigenvalue weighted by atomic mass is 35.5. The summed E-state index contributed by atoms with van der Waals surface area (Å²) in [4.78, 5) is 41.7. The number of anilines is 1. The van der Waals surface area contributed by atoms with Gasteiger partial charge in [-0.1, -0.05) is 53.5 Å². The highest BCUT2D eigenvalue weighted by Crippen LogP contribution is 2.44. The maximum atomic E-state index is 12.9. The van der Waals surface area contributed by atoms with E-state index in [1.54, 1.807) is 19.2 Å². The summed E-state index contributed by atoms with van der Waals surface area (Å²) < 4.78 is 6.86. The third-order valence-corrected chi connectivity index (χ3v) is 8.93. The molecule has 2 amide bonds. The molecule has 0 spiro atoms. The Labute approximate surface area is 263 Å². The number of pyridine rings is 1. The van der Waals surface area contributed by atoms with Crippen molar-refractivity contribution in [1.82, 2.24) is 25.4 Å². The Morgan fingerprint density at radius 1 is 1.05 bits per heavy atom. The molecule has 10 nitrogen and oxygen atoms in total. The SMILES string of the molecule is COc1nc(-c2cccc(-c3cccc(NC(=O)c4ccnn(C)c4=O)c3Cl)c2Cl)cc2c1[C@@H](NC[C@@H]1CCC(=O)N1)CC2. The Bertz CT molecular complexity index is 1840. The van der Waals surface area contributed by atoms with E-state index in [0.29, 0.717) is 51.9 Å². The van der Waals surface area contributed by atoms with Gasteiger partial charge in [0.2, 0.25) is 11.8 Å². The van der Waals surface area contributed by atoms with E-state index >= 15 is 0 Å². The number of hydrogen-bond donors (Lipinski definition) is 3. The fourth-order valence-corrected chi connectivity index (χ4v) is 6.46. The minimum atomic E-state index is -0.595. The molecular formula is C32H30Cl2N6O4. The van der Waals surface area contributed by atoms with Crippen molar-refractivity contribution < 1.29 is 14.3 Å². The zero-order chi connectivity index (χ0) is 31.0. The van der Waals surface area contributed by atoms with Gasteiger partial charge in [-0.3, -0.25) is 14.4 Å². The van der Waals surface area contributed by atoms with E-state index in [1.165, 1.54) is 19.3 Å². The van der Waals surface area contributed by atoms with Crippen LogP contribution in [0.5, 0.6) is 5.88 Å². The molecule has 0 bridgehead atoms. The number of nitrogens with one attached hydrogen (secondary N) is 3. The van der Waals surface area contributed by atoms with Crippen molar-refractivity contribution in [3.05, 3.63) is 91.8 Å². The van der Waals surface area contributed by atoms with E-state index < -0.39 is 11.5 Å². The van der Waals surface area contributed by atoms with E-state index in [0.717, 1.165) is 35.1 Å². The number of methoxy groups -OCH3 is 1. The number of aryl methyl sites for hydroxylation is 2. The lowest BCUT2D eigenvalue weighted by atomic mass is 9.99. The van der Waals surface area contributed by atoms with Crippen molar-refractivity contribution in [2.75, 3.05) is 19.0 Å². The first-order valence-electron chi connectivity index (χ1n) is 14.3. The number of amides is 2. The van der Waals surface area contributed by atoms with E-state index in [1.807, 2.05) is 24.3 Å². The number of benzene rings is 2. The predicted octanol–water partition coefficient (Wildman–Crippen LogP) is 4.93. The second kappa shape index (κ2) is 12.4. The maximum Gasteiger partial charge on any atom is 0.279 e. The molecule has 3 heterocycles. The first kappa shape index (κ1) is 29.8. The molecule has 0 radical (unpaired) electrons. The third kappa shape index (κ3) is 5.68. The number of rotatable bonds is 8. The summed E-state index contributed by atoms with van der Waals surface area (Å²) in [6, 6.07) is 14.5. The average molecular weight is 634 g/mol. The molecule has 4 aromatic rings. The summed E-state index contributed by atoms with van der Waals surface area (Å²) in [6.07, 6.45) is 4.53. The highest BCUT2D eigenvalue weighted by Gasteiger charge is 2.30. The molecule has 1 aliphatic heterocycles. The first-order chi connectivity index (χ1) is 21.2. The molecule has 12 heteroatoms. The van der Waals surface area contributed by atoms with Gasteiger partial charge in [0.15, 0.2) is 0 Å². The van der Waals surface area contributed by atoms with Gasteiger partial charge >= 0.3 is 0 Å². The van der Waals surface area contributed by atoms with Crippen molar-refractivity contribution in [3.63, 3.8) is 0 Å². The van der Waals surface area contributed by atoms with Crippen LogP contribution in [0.15, 0.2) is 59.5 Å². The Morgan fingerprint density at radius 3 is 2.55 bits per heavy atom. The molecule has 0 unspecified atom stereocenters. The molecule has 2 atom stereocenters. The summed E-state index contributed by atoms with van der Waals surface area (Å²) in [5.41, 5.74) is 4.57. The standard InChI is InChI=1S/C32H30Cl2N6O4/c1-40-32(43)22(13-14-36-40)30(42)38-24-8-4-6-20(29(24)34)19-5-3-7-21(28(19)33)25-15-17-9-11-23(27(17)31(39-25)44-2)35-16-18-10-12-26(41)37-18/h3-8,13-15,18,23,35H,9-12,16H2,1-2H3,(H,37,41)(H,38,42)/t18-,23-/m0/s1. The van der Waals surface area contributed by atoms with Crippen molar-refractivity contribution in [1.29, 1.82) is 0 Å². The number of aromatic nitrogens is 3. The minimum absolute atomic E-state index is 0.0524. The summed E-state index contributed by atoms with van der Waals surface area (Å²) in [5.74, 6) is 0.0398. The molecule has 226 valence electrons. The number of carbonyl (C=O) groups excluding carboxylic acids is 2. The monoisotopic (exact) mass is 632 g/mol. The highest BCUT2D eigenvalue weighted by molar-refractivity contribution is 6.39. The van der Waals surface area contributed by atoms with Crippen molar-refractivity contribution in [2.24, 2.45) is 7.05 Å². The fourth-order valence-electron chi connectivity index (χ4n) is 5.86. The fraction of sp³-hybridized carbons (Fsp3) is 0.281. The lowest BCUT2D eigenvalue weighted by Crippen LogP contribution is -2.36. The Hall–Kier alpha value is -4.25. The molecule has 2 aromatic heterocycles. The van der Waals surface area contributed by atoms with E-state index in [4.69, 9.17) is 32.9 Å². The minimum Gasteiger partial charge on any atom is -0.481 e. The number of carbonyl (C=O) groups is 2. The summed E-state index contributed by atoms with van der Waals surface area (Å²) in [6.45, 7) is 0.689. The van der Waals surface area contributed by atoms with E-state index in [2.05, 4.69) is 27.1 Å². The molecule has 2 aromatic carbocycles. The van der Waals surface area contributed by atoms with Gasteiger partial charge < -0.3 is 20.7 Å². The molecule has 1 fully saturated rings. The van der Waals surface area contributed by atoms with Crippen LogP contribution in [0.25, 0.3) is 22.4 Å². The Balaban J connectivity index is 1.29. The van der Waals surface area contributed by atoms with Crippen molar-refractivity contribution >= 4 is 40.7 Å². The smallest absolute Gasteiger partial charge is 0.279 e. The Kier molecular flexibility index (Phi) is 8.40. The van der Waals surface area contributed by atoms with E-state index in [9.17, 15) is 14.4 Å². The number of ether oxygens (including phenoxy) is 1. The molecule has 2 aliphatic rings. The molecule has 44 heavy (non-hydrogen) atoms. The van der Waals surface area contributed by atoms with Gasteiger partial charge in [-0.05, 0) is 43.0 Å². The summed E-state index contributed by atoms with van der Waals surface area (Å²) in [5, 5.41) is 13.9. The molecule has 1 saturated heterocycles. The van der Waals surface area contributed by atoms with Gasteiger partial charge in [0.1, 0.15) is 5.56 Å². The second-order valence-electron chi connectivity index (χ2n) is 10.9. The van der Waals surface area contributed by atoms with Crippen LogP contribution in [-0.4, -0.2) is 46.3 Å².